The summed E-state index contributed by atoms with van der Waals surface area (Å²) in [7, 11) is -3.31. The van der Waals surface area contributed by atoms with Crippen LogP contribution in [0.25, 0.3) is 0 Å². The van der Waals surface area contributed by atoms with Gasteiger partial charge in [0.25, 0.3) is 10.0 Å². The van der Waals surface area contributed by atoms with Crippen molar-refractivity contribution in [2.45, 2.75) is 16.7 Å². The lowest BCUT2D eigenvalue weighted by atomic mass is 10.3. The van der Waals surface area contributed by atoms with Crippen molar-refractivity contribution < 1.29 is 8.42 Å². The molecule has 0 spiro atoms. The predicted molar refractivity (Wildman–Crippen MR) is 63.4 cm³/mol. The van der Waals surface area contributed by atoms with Gasteiger partial charge in [0.2, 0.25) is 0 Å². The molecular formula is C8H11BrN2O2S2. The smallest absolute Gasteiger partial charge is 0.252 e. The lowest BCUT2D eigenvalue weighted by molar-refractivity contribution is 0.474. The topological polar surface area (TPSA) is 63.4 Å². The molecule has 1 fully saturated rings. The zero-order valence-electron chi connectivity index (χ0n) is 7.89. The summed E-state index contributed by atoms with van der Waals surface area (Å²) in [4.78, 5) is 0. The first-order valence-electron chi connectivity index (χ1n) is 4.51. The standard InChI is InChI=1S/C8H11BrN2O2S2/c9-7-1-2-8(14-7)15(12,13)11-4-3-6(10)5-11/h1-2,6H,3-5,10H2/t6-/m0/s1. The van der Waals surface area contributed by atoms with E-state index in [1.807, 2.05) is 0 Å². The Morgan fingerprint density at radius 3 is 2.73 bits per heavy atom. The summed E-state index contributed by atoms with van der Waals surface area (Å²) in [5.41, 5.74) is 5.69. The molecule has 7 heteroatoms. The molecule has 1 saturated heterocycles. The second-order valence-corrected chi connectivity index (χ2v) is 8.10. The molecule has 1 aliphatic rings. The summed E-state index contributed by atoms with van der Waals surface area (Å²) >= 11 is 4.48. The monoisotopic (exact) mass is 310 g/mol. The summed E-state index contributed by atoms with van der Waals surface area (Å²) in [5.74, 6) is 0. The van der Waals surface area contributed by atoms with Crippen molar-refractivity contribution in [3.05, 3.63) is 15.9 Å². The van der Waals surface area contributed by atoms with Gasteiger partial charge in [0, 0.05) is 19.1 Å². The van der Waals surface area contributed by atoms with Crippen LogP contribution in [0.3, 0.4) is 0 Å². The van der Waals surface area contributed by atoms with E-state index in [4.69, 9.17) is 5.73 Å². The van der Waals surface area contributed by atoms with Crippen LogP contribution in [0, 0.1) is 0 Å². The Hall–Kier alpha value is 0.0500. The third-order valence-electron chi connectivity index (χ3n) is 2.33. The van der Waals surface area contributed by atoms with Crippen molar-refractivity contribution in [2.24, 2.45) is 5.73 Å². The van der Waals surface area contributed by atoms with E-state index in [-0.39, 0.29) is 6.04 Å². The summed E-state index contributed by atoms with van der Waals surface area (Å²) < 4.78 is 26.8. The van der Waals surface area contributed by atoms with E-state index in [9.17, 15) is 8.42 Å². The molecule has 2 heterocycles. The van der Waals surface area contributed by atoms with E-state index >= 15 is 0 Å². The molecule has 1 aromatic rings. The number of nitrogens with two attached hydrogens (primary N) is 1. The van der Waals surface area contributed by atoms with Crippen LogP contribution >= 0.6 is 27.3 Å². The Bertz CT molecular complexity index is 457. The highest BCUT2D eigenvalue weighted by Crippen LogP contribution is 2.29. The predicted octanol–water partition coefficient (Wildman–Crippen LogP) is 1.23. The number of sulfonamides is 1. The van der Waals surface area contributed by atoms with Gasteiger partial charge < -0.3 is 5.73 Å². The molecule has 0 unspecified atom stereocenters. The van der Waals surface area contributed by atoms with Gasteiger partial charge in [0.05, 0.1) is 3.79 Å². The first-order valence-corrected chi connectivity index (χ1v) is 7.56. The molecule has 2 rings (SSSR count). The van der Waals surface area contributed by atoms with E-state index < -0.39 is 10.0 Å². The molecular weight excluding hydrogens is 300 g/mol. The second-order valence-electron chi connectivity index (χ2n) is 3.47. The van der Waals surface area contributed by atoms with Gasteiger partial charge in [0.15, 0.2) is 0 Å². The van der Waals surface area contributed by atoms with Crippen LogP contribution in [-0.4, -0.2) is 31.9 Å². The number of thiophene rings is 1. The van der Waals surface area contributed by atoms with Crippen molar-refractivity contribution in [3.63, 3.8) is 0 Å². The third-order valence-corrected chi connectivity index (χ3v) is 6.29. The highest BCUT2D eigenvalue weighted by Gasteiger charge is 2.31. The van der Waals surface area contributed by atoms with Crippen LogP contribution in [0.15, 0.2) is 20.1 Å². The highest BCUT2D eigenvalue weighted by molar-refractivity contribution is 9.11. The highest BCUT2D eigenvalue weighted by atomic mass is 79.9. The fraction of sp³-hybridized carbons (Fsp3) is 0.500. The number of rotatable bonds is 2. The maximum atomic E-state index is 12.1. The van der Waals surface area contributed by atoms with E-state index in [0.29, 0.717) is 17.3 Å². The molecule has 0 radical (unpaired) electrons. The zero-order valence-corrected chi connectivity index (χ0v) is 11.1. The van der Waals surface area contributed by atoms with Crippen molar-refractivity contribution in [1.82, 2.24) is 4.31 Å². The Morgan fingerprint density at radius 2 is 2.27 bits per heavy atom. The molecule has 84 valence electrons. The van der Waals surface area contributed by atoms with Crippen LogP contribution in [0.5, 0.6) is 0 Å². The van der Waals surface area contributed by atoms with Gasteiger partial charge in [-0.3, -0.25) is 0 Å². The molecule has 1 atom stereocenters. The SMILES string of the molecule is N[C@H]1CCN(S(=O)(=O)c2ccc(Br)s2)C1. The summed E-state index contributed by atoms with van der Waals surface area (Å²) in [5, 5.41) is 0. The largest absolute Gasteiger partial charge is 0.326 e. The van der Waals surface area contributed by atoms with E-state index in [1.165, 1.54) is 15.6 Å². The fourth-order valence-corrected chi connectivity index (χ4v) is 5.21. The minimum absolute atomic E-state index is 0.0248. The molecule has 15 heavy (non-hydrogen) atoms. The molecule has 1 aliphatic heterocycles. The number of nitrogens with zero attached hydrogens (tertiary/aromatic N) is 1. The molecule has 1 aromatic heterocycles. The van der Waals surface area contributed by atoms with Crippen LogP contribution in [0.4, 0.5) is 0 Å². The summed E-state index contributed by atoms with van der Waals surface area (Å²) in [6, 6.07) is 3.34. The van der Waals surface area contributed by atoms with Gasteiger partial charge in [-0.15, -0.1) is 11.3 Å². The maximum absolute atomic E-state index is 12.1. The fourth-order valence-electron chi connectivity index (χ4n) is 1.54. The van der Waals surface area contributed by atoms with Gasteiger partial charge >= 0.3 is 0 Å². The molecule has 0 aliphatic carbocycles. The minimum Gasteiger partial charge on any atom is -0.326 e. The Balaban J connectivity index is 2.27. The minimum atomic E-state index is -3.31. The Morgan fingerprint density at radius 1 is 1.53 bits per heavy atom. The van der Waals surface area contributed by atoms with E-state index in [2.05, 4.69) is 15.9 Å². The van der Waals surface area contributed by atoms with Crippen LogP contribution in [-0.2, 0) is 10.0 Å². The van der Waals surface area contributed by atoms with Crippen molar-refractivity contribution in [1.29, 1.82) is 0 Å². The van der Waals surface area contributed by atoms with Crippen molar-refractivity contribution in [2.75, 3.05) is 13.1 Å². The molecule has 4 nitrogen and oxygen atoms in total. The van der Waals surface area contributed by atoms with Crippen LogP contribution in [0.2, 0.25) is 0 Å². The number of hydrogen-bond acceptors (Lipinski definition) is 4. The lowest BCUT2D eigenvalue weighted by Crippen LogP contribution is -2.31. The van der Waals surface area contributed by atoms with Gasteiger partial charge in [-0.1, -0.05) is 0 Å². The third kappa shape index (κ3) is 2.26. The maximum Gasteiger partial charge on any atom is 0.252 e. The number of hydrogen-bond donors (Lipinski definition) is 1. The van der Waals surface area contributed by atoms with E-state index in [0.717, 1.165) is 10.2 Å². The van der Waals surface area contributed by atoms with Gasteiger partial charge in [0.1, 0.15) is 4.21 Å². The average molecular weight is 311 g/mol. The van der Waals surface area contributed by atoms with Crippen molar-refractivity contribution >= 4 is 37.3 Å². The zero-order chi connectivity index (χ0) is 11.1. The van der Waals surface area contributed by atoms with Crippen LogP contribution in [0.1, 0.15) is 6.42 Å². The normalized spacial score (nSPS) is 23.5. The molecule has 0 saturated carbocycles. The number of halogens is 1. The second kappa shape index (κ2) is 4.14. The summed E-state index contributed by atoms with van der Waals surface area (Å²) in [6.45, 7) is 0.955. The Kier molecular flexibility index (Phi) is 3.18. The Labute approximate surface area is 101 Å². The van der Waals surface area contributed by atoms with Crippen molar-refractivity contribution in [3.8, 4) is 0 Å². The average Bonchev–Trinajstić information content (AvgIpc) is 2.74. The van der Waals surface area contributed by atoms with E-state index in [1.54, 1.807) is 12.1 Å². The van der Waals surface area contributed by atoms with Gasteiger partial charge in [-0.25, -0.2) is 8.42 Å². The quantitative estimate of drug-likeness (QED) is 0.893. The molecule has 0 aromatic carbocycles. The first kappa shape index (κ1) is 11.5. The summed E-state index contributed by atoms with van der Waals surface area (Å²) in [6.07, 6.45) is 0.742. The van der Waals surface area contributed by atoms with Gasteiger partial charge in [-0.2, -0.15) is 4.31 Å². The molecule has 0 amide bonds. The van der Waals surface area contributed by atoms with Gasteiger partial charge in [-0.05, 0) is 34.5 Å². The lowest BCUT2D eigenvalue weighted by Gasteiger charge is -2.13. The molecule has 0 bridgehead atoms. The first-order chi connectivity index (χ1) is 7.00. The molecule has 2 N–H and O–H groups in total. The van der Waals surface area contributed by atoms with Crippen LogP contribution < -0.4 is 5.73 Å².